The van der Waals surface area contributed by atoms with Crippen LogP contribution in [0.5, 0.6) is 0 Å². The molecule has 0 aliphatic carbocycles. The molecule has 1 aromatic carbocycles. The summed E-state index contributed by atoms with van der Waals surface area (Å²) in [6.07, 6.45) is 1.17. The van der Waals surface area contributed by atoms with E-state index in [9.17, 15) is 0 Å². The summed E-state index contributed by atoms with van der Waals surface area (Å²) in [5.74, 6) is 0.435. The van der Waals surface area contributed by atoms with Gasteiger partial charge in [-0.05, 0) is 30.7 Å². The van der Waals surface area contributed by atoms with Crippen molar-refractivity contribution in [2.45, 2.75) is 19.3 Å². The quantitative estimate of drug-likeness (QED) is 0.777. The Morgan fingerprint density at radius 1 is 1.31 bits per heavy atom. The summed E-state index contributed by atoms with van der Waals surface area (Å²) < 4.78 is 6.39. The number of methoxy groups -OCH3 is 1. The van der Waals surface area contributed by atoms with Crippen LogP contribution in [-0.2, 0) is 4.74 Å². The van der Waals surface area contributed by atoms with E-state index in [-0.39, 0.29) is 0 Å². The van der Waals surface area contributed by atoms with Gasteiger partial charge in [-0.3, -0.25) is 0 Å². The Bertz CT molecular complexity index is 286. The molecule has 0 saturated heterocycles. The zero-order valence-corrected chi connectivity index (χ0v) is 11.6. The minimum Gasteiger partial charge on any atom is -0.384 e. The predicted molar refractivity (Wildman–Crippen MR) is 71.9 cm³/mol. The first-order chi connectivity index (χ1) is 7.77. The highest BCUT2D eigenvalue weighted by Gasteiger charge is 2.10. The lowest BCUT2D eigenvalue weighted by atomic mass is 10.00. The van der Waals surface area contributed by atoms with Crippen molar-refractivity contribution < 1.29 is 4.74 Å². The van der Waals surface area contributed by atoms with Crippen LogP contribution < -0.4 is 5.32 Å². The number of rotatable bonds is 7. The van der Waals surface area contributed by atoms with Crippen molar-refractivity contribution >= 4 is 15.9 Å². The first-order valence-corrected chi connectivity index (χ1v) is 6.52. The molecule has 0 fully saturated rings. The predicted octanol–water partition coefficient (Wildman–Crippen LogP) is 3.18. The number of halogens is 1. The third-order valence-electron chi connectivity index (χ3n) is 2.53. The molecule has 90 valence electrons. The minimum atomic E-state index is 0.435. The standard InChI is InChI=1S/C13H20BrNO/c1-3-8-15-9-12(10-16-2)11-4-6-13(14)7-5-11/h4-7,12,15H,3,8-10H2,1-2H3. The van der Waals surface area contributed by atoms with Gasteiger partial charge in [-0.2, -0.15) is 0 Å². The Balaban J connectivity index is 2.57. The second-order valence-corrected chi connectivity index (χ2v) is 4.82. The molecular formula is C13H20BrNO. The Hall–Kier alpha value is -0.380. The van der Waals surface area contributed by atoms with E-state index in [2.05, 4.69) is 52.4 Å². The average molecular weight is 286 g/mol. The average Bonchev–Trinajstić information content (AvgIpc) is 2.29. The zero-order valence-electron chi connectivity index (χ0n) is 10.0. The Morgan fingerprint density at radius 3 is 2.56 bits per heavy atom. The largest absolute Gasteiger partial charge is 0.384 e. The van der Waals surface area contributed by atoms with Crippen LogP contribution in [0.3, 0.4) is 0 Å². The number of hydrogen-bond acceptors (Lipinski definition) is 2. The monoisotopic (exact) mass is 285 g/mol. The maximum Gasteiger partial charge on any atom is 0.0543 e. The molecule has 0 heterocycles. The number of ether oxygens (including phenoxy) is 1. The van der Waals surface area contributed by atoms with Crippen LogP contribution in [0.15, 0.2) is 28.7 Å². The first kappa shape index (κ1) is 13.7. The molecule has 0 aliphatic rings. The van der Waals surface area contributed by atoms with Crippen LogP contribution in [0, 0.1) is 0 Å². The van der Waals surface area contributed by atoms with Crippen LogP contribution in [0.25, 0.3) is 0 Å². The number of nitrogens with one attached hydrogen (secondary N) is 1. The number of benzene rings is 1. The minimum absolute atomic E-state index is 0.435. The molecule has 1 atom stereocenters. The highest BCUT2D eigenvalue weighted by atomic mass is 79.9. The van der Waals surface area contributed by atoms with Gasteiger partial charge in [-0.15, -0.1) is 0 Å². The molecule has 0 aromatic heterocycles. The summed E-state index contributed by atoms with van der Waals surface area (Å²) in [6.45, 7) is 4.98. The molecule has 1 unspecified atom stereocenters. The fourth-order valence-corrected chi connectivity index (χ4v) is 1.93. The topological polar surface area (TPSA) is 21.3 Å². The molecule has 1 N–H and O–H groups in total. The lowest BCUT2D eigenvalue weighted by Gasteiger charge is -2.17. The van der Waals surface area contributed by atoms with Crippen molar-refractivity contribution in [3.05, 3.63) is 34.3 Å². The van der Waals surface area contributed by atoms with Crippen molar-refractivity contribution in [2.75, 3.05) is 26.8 Å². The summed E-state index contributed by atoms with van der Waals surface area (Å²) in [7, 11) is 1.76. The summed E-state index contributed by atoms with van der Waals surface area (Å²) in [6, 6.07) is 8.47. The molecule has 2 nitrogen and oxygen atoms in total. The van der Waals surface area contributed by atoms with Crippen molar-refractivity contribution in [1.29, 1.82) is 0 Å². The second kappa shape index (κ2) is 7.82. The molecule has 1 rings (SSSR count). The zero-order chi connectivity index (χ0) is 11.8. The van der Waals surface area contributed by atoms with Gasteiger partial charge in [0.25, 0.3) is 0 Å². The Labute approximate surface area is 107 Å². The van der Waals surface area contributed by atoms with Gasteiger partial charge < -0.3 is 10.1 Å². The van der Waals surface area contributed by atoms with Crippen molar-refractivity contribution in [3.8, 4) is 0 Å². The van der Waals surface area contributed by atoms with E-state index in [1.807, 2.05) is 0 Å². The molecule has 0 spiro atoms. The van der Waals surface area contributed by atoms with Gasteiger partial charge in [0.1, 0.15) is 0 Å². The lowest BCUT2D eigenvalue weighted by Crippen LogP contribution is -2.24. The Kier molecular flexibility index (Phi) is 6.69. The number of hydrogen-bond donors (Lipinski definition) is 1. The molecular weight excluding hydrogens is 266 g/mol. The lowest BCUT2D eigenvalue weighted by molar-refractivity contribution is 0.178. The van der Waals surface area contributed by atoms with Crippen molar-refractivity contribution in [2.24, 2.45) is 0 Å². The molecule has 16 heavy (non-hydrogen) atoms. The van der Waals surface area contributed by atoms with Crippen molar-refractivity contribution in [3.63, 3.8) is 0 Å². The van der Waals surface area contributed by atoms with E-state index >= 15 is 0 Å². The summed E-state index contributed by atoms with van der Waals surface area (Å²) in [5.41, 5.74) is 1.33. The van der Waals surface area contributed by atoms with Crippen LogP contribution in [-0.4, -0.2) is 26.8 Å². The fraction of sp³-hybridized carbons (Fsp3) is 0.538. The van der Waals surface area contributed by atoms with E-state index in [0.717, 1.165) is 24.2 Å². The highest BCUT2D eigenvalue weighted by molar-refractivity contribution is 9.10. The van der Waals surface area contributed by atoms with Crippen LogP contribution >= 0.6 is 15.9 Å². The van der Waals surface area contributed by atoms with Crippen molar-refractivity contribution in [1.82, 2.24) is 5.32 Å². The van der Waals surface area contributed by atoms with Gasteiger partial charge in [0.05, 0.1) is 6.61 Å². The molecule has 0 amide bonds. The Morgan fingerprint density at radius 2 is 2.00 bits per heavy atom. The first-order valence-electron chi connectivity index (χ1n) is 5.73. The van der Waals surface area contributed by atoms with E-state index in [1.165, 1.54) is 12.0 Å². The van der Waals surface area contributed by atoms with Gasteiger partial charge in [0, 0.05) is 24.0 Å². The fourth-order valence-electron chi connectivity index (χ4n) is 1.66. The summed E-state index contributed by atoms with van der Waals surface area (Å²) >= 11 is 3.45. The van der Waals surface area contributed by atoms with Crippen LogP contribution in [0.2, 0.25) is 0 Å². The molecule has 0 saturated carbocycles. The normalized spacial score (nSPS) is 12.7. The molecule has 1 aromatic rings. The molecule has 0 aliphatic heterocycles. The van der Waals surface area contributed by atoms with Gasteiger partial charge in [-0.25, -0.2) is 0 Å². The summed E-state index contributed by atoms with van der Waals surface area (Å²) in [5, 5.41) is 3.44. The second-order valence-electron chi connectivity index (χ2n) is 3.91. The maximum atomic E-state index is 5.27. The van der Waals surface area contributed by atoms with E-state index in [0.29, 0.717) is 5.92 Å². The maximum absolute atomic E-state index is 5.27. The molecule has 0 radical (unpaired) electrons. The van der Waals surface area contributed by atoms with E-state index in [1.54, 1.807) is 7.11 Å². The third-order valence-corrected chi connectivity index (χ3v) is 3.06. The van der Waals surface area contributed by atoms with Gasteiger partial charge in [0.15, 0.2) is 0 Å². The SMILES string of the molecule is CCCNCC(COC)c1ccc(Br)cc1. The van der Waals surface area contributed by atoms with Crippen LogP contribution in [0.1, 0.15) is 24.8 Å². The van der Waals surface area contributed by atoms with Gasteiger partial charge in [0.2, 0.25) is 0 Å². The third kappa shape index (κ3) is 4.64. The van der Waals surface area contributed by atoms with E-state index in [4.69, 9.17) is 4.74 Å². The van der Waals surface area contributed by atoms with Crippen LogP contribution in [0.4, 0.5) is 0 Å². The molecule has 0 bridgehead atoms. The smallest absolute Gasteiger partial charge is 0.0543 e. The van der Waals surface area contributed by atoms with E-state index < -0.39 is 0 Å². The summed E-state index contributed by atoms with van der Waals surface area (Å²) in [4.78, 5) is 0. The van der Waals surface area contributed by atoms with Gasteiger partial charge >= 0.3 is 0 Å². The highest BCUT2D eigenvalue weighted by Crippen LogP contribution is 2.18. The molecule has 3 heteroatoms. The van der Waals surface area contributed by atoms with Gasteiger partial charge in [-0.1, -0.05) is 35.0 Å².